The lowest BCUT2D eigenvalue weighted by atomic mass is 10.1. The van der Waals surface area contributed by atoms with Crippen LogP contribution in [0.2, 0.25) is 0 Å². The summed E-state index contributed by atoms with van der Waals surface area (Å²) in [6, 6.07) is 15.6. The number of anilines is 1. The normalized spacial score (nSPS) is 13.8. The number of halogens is 2. The van der Waals surface area contributed by atoms with Gasteiger partial charge in [-0.25, -0.2) is 13.6 Å². The maximum absolute atomic E-state index is 14.8. The van der Waals surface area contributed by atoms with E-state index in [1.165, 1.54) is 17.0 Å². The van der Waals surface area contributed by atoms with Crippen LogP contribution in [0.25, 0.3) is 22.3 Å². The number of rotatable bonds is 7. The van der Waals surface area contributed by atoms with Crippen molar-refractivity contribution < 1.29 is 27.6 Å². The molecule has 5 rings (SSSR count). The zero-order valence-electron chi connectivity index (χ0n) is 20.5. The number of carbonyl (C=O) groups is 3. The fourth-order valence-electron chi connectivity index (χ4n) is 4.52. The summed E-state index contributed by atoms with van der Waals surface area (Å²) in [6.07, 6.45) is 0.167. The summed E-state index contributed by atoms with van der Waals surface area (Å²) in [5, 5.41) is 2.67. The number of furan rings is 1. The molecule has 3 aromatic carbocycles. The molecule has 0 atom stereocenters. The molecule has 8 nitrogen and oxygen atoms in total. The molecule has 1 fully saturated rings. The van der Waals surface area contributed by atoms with Crippen molar-refractivity contribution in [2.45, 2.75) is 19.5 Å². The number of amides is 4. The van der Waals surface area contributed by atoms with E-state index in [-0.39, 0.29) is 30.0 Å². The molecule has 0 radical (unpaired) electrons. The number of primary amides is 1. The number of nitrogens with one attached hydrogen (secondary N) is 1. The van der Waals surface area contributed by atoms with Crippen molar-refractivity contribution in [1.29, 1.82) is 0 Å². The fourth-order valence-corrected chi connectivity index (χ4v) is 4.52. The average Bonchev–Trinajstić information content (AvgIpc) is 3.29. The molecule has 1 saturated heterocycles. The predicted octanol–water partition coefficient (Wildman–Crippen LogP) is 4.56. The molecule has 4 amide bonds. The molecule has 2 heterocycles. The van der Waals surface area contributed by atoms with Crippen molar-refractivity contribution in [3.05, 3.63) is 89.0 Å². The number of benzene rings is 3. The SMILES string of the molecule is CN(Cc1ccc(-c2cc3cc(F)cc(C(N)=O)c3o2)cc1)Cc1ccc(N2CCC(=O)NC2=O)cc1F. The summed E-state index contributed by atoms with van der Waals surface area (Å²) in [5.74, 6) is -1.65. The molecule has 0 spiro atoms. The number of nitrogens with two attached hydrogens (primary N) is 1. The van der Waals surface area contributed by atoms with Crippen molar-refractivity contribution in [1.82, 2.24) is 10.2 Å². The highest BCUT2D eigenvalue weighted by Crippen LogP contribution is 2.31. The highest BCUT2D eigenvalue weighted by molar-refractivity contribution is 6.06. The maximum Gasteiger partial charge on any atom is 0.328 e. The zero-order valence-corrected chi connectivity index (χ0v) is 20.5. The Balaban J connectivity index is 1.26. The van der Waals surface area contributed by atoms with Crippen LogP contribution in [0.5, 0.6) is 0 Å². The van der Waals surface area contributed by atoms with Gasteiger partial charge in [-0.2, -0.15) is 0 Å². The highest BCUT2D eigenvalue weighted by Gasteiger charge is 2.25. The lowest BCUT2D eigenvalue weighted by Gasteiger charge is -2.27. The second-order valence-corrected chi connectivity index (χ2v) is 9.25. The van der Waals surface area contributed by atoms with Crippen molar-refractivity contribution >= 4 is 34.5 Å². The maximum atomic E-state index is 14.8. The van der Waals surface area contributed by atoms with Crippen LogP contribution in [0.4, 0.5) is 19.3 Å². The van der Waals surface area contributed by atoms with E-state index in [1.807, 2.05) is 36.2 Å². The molecule has 3 N–H and O–H groups in total. The van der Waals surface area contributed by atoms with Crippen LogP contribution in [0.3, 0.4) is 0 Å². The van der Waals surface area contributed by atoms with E-state index in [0.29, 0.717) is 35.5 Å². The Morgan fingerprint density at radius 2 is 1.82 bits per heavy atom. The molecule has 0 bridgehead atoms. The smallest absolute Gasteiger partial charge is 0.328 e. The second kappa shape index (κ2) is 10.1. The number of urea groups is 1. The number of imide groups is 1. The predicted molar refractivity (Wildman–Crippen MR) is 137 cm³/mol. The Bertz CT molecular complexity index is 1570. The lowest BCUT2D eigenvalue weighted by molar-refractivity contribution is -0.120. The summed E-state index contributed by atoms with van der Waals surface area (Å²) in [5.41, 5.74) is 8.16. The van der Waals surface area contributed by atoms with Crippen molar-refractivity contribution in [2.24, 2.45) is 5.73 Å². The van der Waals surface area contributed by atoms with Crippen LogP contribution >= 0.6 is 0 Å². The summed E-state index contributed by atoms with van der Waals surface area (Å²) in [7, 11) is 1.87. The van der Waals surface area contributed by atoms with Crippen molar-refractivity contribution in [2.75, 3.05) is 18.5 Å². The number of hydrogen-bond acceptors (Lipinski definition) is 5. The topological polar surface area (TPSA) is 109 Å². The molecule has 38 heavy (non-hydrogen) atoms. The summed E-state index contributed by atoms with van der Waals surface area (Å²) >= 11 is 0. The first-order chi connectivity index (χ1) is 18.2. The Kier molecular flexibility index (Phi) is 6.64. The highest BCUT2D eigenvalue weighted by atomic mass is 19.1. The Labute approximate surface area is 216 Å². The number of hydrogen-bond donors (Lipinski definition) is 2. The van der Waals surface area contributed by atoms with E-state index in [2.05, 4.69) is 5.32 Å². The van der Waals surface area contributed by atoms with E-state index < -0.39 is 23.6 Å². The Hall–Kier alpha value is -4.57. The number of nitrogens with zero attached hydrogens (tertiary/aromatic N) is 2. The standard InChI is InChI=1S/C28H24F2N4O4/c1-33(15-18-6-7-21(13-23(18)30)34-9-8-25(35)32-28(34)37)14-16-2-4-17(5-3-16)24-11-19-10-20(29)12-22(27(31)36)26(19)38-24/h2-7,10-13H,8-9,14-15H2,1H3,(H2,31,36)(H,32,35,37). The number of carbonyl (C=O) groups excluding carboxylic acids is 3. The number of fused-ring (bicyclic) bond motifs is 1. The average molecular weight is 519 g/mol. The molecular formula is C28H24F2N4O4. The molecular weight excluding hydrogens is 494 g/mol. The van der Waals surface area contributed by atoms with Gasteiger partial charge in [-0.15, -0.1) is 0 Å². The first-order valence-corrected chi connectivity index (χ1v) is 11.9. The minimum Gasteiger partial charge on any atom is -0.455 e. The van der Waals surface area contributed by atoms with Gasteiger partial charge < -0.3 is 10.2 Å². The Morgan fingerprint density at radius 1 is 1.05 bits per heavy atom. The molecule has 10 heteroatoms. The van der Waals surface area contributed by atoms with Gasteiger partial charge in [-0.3, -0.25) is 24.7 Å². The second-order valence-electron chi connectivity index (χ2n) is 9.25. The van der Waals surface area contributed by atoms with Gasteiger partial charge in [0, 0.05) is 48.3 Å². The van der Waals surface area contributed by atoms with Gasteiger partial charge in [0.2, 0.25) is 5.91 Å². The van der Waals surface area contributed by atoms with Gasteiger partial charge in [-0.05, 0) is 42.9 Å². The van der Waals surface area contributed by atoms with Crippen LogP contribution in [0.15, 0.2) is 65.1 Å². The lowest BCUT2D eigenvalue weighted by Crippen LogP contribution is -2.49. The van der Waals surface area contributed by atoms with E-state index in [4.69, 9.17) is 10.2 Å². The van der Waals surface area contributed by atoms with Crippen LogP contribution in [-0.4, -0.2) is 36.3 Å². The van der Waals surface area contributed by atoms with Crippen LogP contribution in [-0.2, 0) is 17.9 Å². The summed E-state index contributed by atoms with van der Waals surface area (Å²) in [4.78, 5) is 38.3. The fraction of sp³-hybridized carbons (Fsp3) is 0.179. The first kappa shape index (κ1) is 25.1. The van der Waals surface area contributed by atoms with Crippen LogP contribution < -0.4 is 16.0 Å². The third kappa shape index (κ3) is 5.12. The van der Waals surface area contributed by atoms with Gasteiger partial charge in [-0.1, -0.05) is 30.3 Å². The molecule has 1 aromatic heterocycles. The molecule has 0 aliphatic carbocycles. The van der Waals surface area contributed by atoms with Gasteiger partial charge >= 0.3 is 6.03 Å². The molecule has 194 valence electrons. The van der Waals surface area contributed by atoms with E-state index in [0.717, 1.165) is 17.2 Å². The van der Waals surface area contributed by atoms with E-state index in [1.54, 1.807) is 18.2 Å². The van der Waals surface area contributed by atoms with Crippen LogP contribution in [0.1, 0.15) is 27.9 Å². The monoisotopic (exact) mass is 518 g/mol. The zero-order chi connectivity index (χ0) is 27.0. The van der Waals surface area contributed by atoms with Gasteiger partial charge in [0.1, 0.15) is 23.0 Å². The van der Waals surface area contributed by atoms with Crippen LogP contribution in [0, 0.1) is 11.6 Å². The minimum absolute atomic E-state index is 0.0148. The van der Waals surface area contributed by atoms with Gasteiger partial charge in [0.25, 0.3) is 5.91 Å². The molecule has 4 aromatic rings. The molecule has 1 aliphatic rings. The molecule has 0 unspecified atom stereocenters. The van der Waals surface area contributed by atoms with E-state index in [9.17, 15) is 23.2 Å². The molecule has 1 aliphatic heterocycles. The summed E-state index contributed by atoms with van der Waals surface area (Å²) < 4.78 is 34.5. The van der Waals surface area contributed by atoms with Crippen molar-refractivity contribution in [3.8, 4) is 11.3 Å². The quantitative estimate of drug-likeness (QED) is 0.373. The molecule has 0 saturated carbocycles. The first-order valence-electron chi connectivity index (χ1n) is 11.9. The van der Waals surface area contributed by atoms with Crippen molar-refractivity contribution in [3.63, 3.8) is 0 Å². The third-order valence-electron chi connectivity index (χ3n) is 6.38. The van der Waals surface area contributed by atoms with Gasteiger partial charge in [0.05, 0.1) is 5.56 Å². The summed E-state index contributed by atoms with van der Waals surface area (Å²) in [6.45, 7) is 1.08. The van der Waals surface area contributed by atoms with E-state index >= 15 is 0 Å². The largest absolute Gasteiger partial charge is 0.455 e. The third-order valence-corrected chi connectivity index (χ3v) is 6.38. The Morgan fingerprint density at radius 3 is 2.50 bits per heavy atom. The minimum atomic E-state index is -0.770. The van der Waals surface area contributed by atoms with Gasteiger partial charge in [0.15, 0.2) is 0 Å².